The number of fused-ring (bicyclic) bond motifs is 1. The summed E-state index contributed by atoms with van der Waals surface area (Å²) >= 11 is 5.46. The van der Waals surface area contributed by atoms with Gasteiger partial charge in [-0.05, 0) is 77.9 Å². The van der Waals surface area contributed by atoms with Crippen molar-refractivity contribution < 1.29 is 9.18 Å². The summed E-state index contributed by atoms with van der Waals surface area (Å²) in [5.41, 5.74) is 2.48. The molecule has 0 aromatic heterocycles. The van der Waals surface area contributed by atoms with Crippen LogP contribution in [-0.2, 0) is 0 Å². The van der Waals surface area contributed by atoms with Crippen LogP contribution in [0.3, 0.4) is 0 Å². The second kappa shape index (κ2) is 9.58. The number of carbonyl (C=O) groups excluding carboxylic acids is 1. The number of hydrogen-bond acceptors (Lipinski definition) is 2. The van der Waals surface area contributed by atoms with E-state index in [1.165, 1.54) is 22.9 Å². The van der Waals surface area contributed by atoms with E-state index in [4.69, 9.17) is 12.2 Å². The Morgan fingerprint density at radius 3 is 2.16 bits per heavy atom. The monoisotopic (exact) mass is 443 g/mol. The lowest BCUT2D eigenvalue weighted by Gasteiger charge is -2.18. The highest BCUT2D eigenvalue weighted by atomic mass is 32.1. The van der Waals surface area contributed by atoms with Gasteiger partial charge < -0.3 is 16.0 Å². The molecule has 1 unspecified atom stereocenters. The molecule has 1 amide bonds. The van der Waals surface area contributed by atoms with Crippen LogP contribution in [0, 0.1) is 5.82 Å². The van der Waals surface area contributed by atoms with E-state index in [9.17, 15) is 9.18 Å². The van der Waals surface area contributed by atoms with Crippen molar-refractivity contribution in [1.82, 2.24) is 5.32 Å². The molecule has 0 radical (unpaired) electrons. The third kappa shape index (κ3) is 5.10. The molecule has 4 nitrogen and oxygen atoms in total. The first-order valence-corrected chi connectivity index (χ1v) is 10.6. The number of nitrogens with one attached hydrogen (secondary N) is 3. The van der Waals surface area contributed by atoms with Gasteiger partial charge in [-0.15, -0.1) is 0 Å². The zero-order valence-electron chi connectivity index (χ0n) is 17.4. The minimum absolute atomic E-state index is 0.00255. The molecule has 0 aliphatic heterocycles. The number of thiocarbonyl (C=S) groups is 1. The number of carbonyl (C=O) groups is 1. The molecule has 4 aromatic rings. The van der Waals surface area contributed by atoms with Crippen LogP contribution >= 0.6 is 12.2 Å². The number of halogens is 1. The Kier molecular flexibility index (Phi) is 6.42. The second-order valence-electron chi connectivity index (χ2n) is 7.44. The van der Waals surface area contributed by atoms with Gasteiger partial charge in [0.1, 0.15) is 5.82 Å². The van der Waals surface area contributed by atoms with E-state index in [1.807, 2.05) is 12.1 Å². The summed E-state index contributed by atoms with van der Waals surface area (Å²) in [4.78, 5) is 12.2. The van der Waals surface area contributed by atoms with E-state index in [-0.39, 0.29) is 11.6 Å². The highest BCUT2D eigenvalue weighted by molar-refractivity contribution is 7.80. The van der Waals surface area contributed by atoms with Crippen LogP contribution in [0.1, 0.15) is 28.9 Å². The molecular formula is C26H22FN3OS. The smallest absolute Gasteiger partial charge is 0.258 e. The van der Waals surface area contributed by atoms with Crippen LogP contribution in [0.15, 0.2) is 91.0 Å². The number of hydrogen-bond donors (Lipinski definition) is 3. The number of benzene rings is 4. The Labute approximate surface area is 191 Å². The fourth-order valence-electron chi connectivity index (χ4n) is 3.40. The van der Waals surface area contributed by atoms with Crippen molar-refractivity contribution in [1.29, 1.82) is 0 Å². The van der Waals surface area contributed by atoms with Gasteiger partial charge in [0.15, 0.2) is 5.11 Å². The molecule has 0 aliphatic carbocycles. The van der Waals surface area contributed by atoms with E-state index in [1.54, 1.807) is 36.4 Å². The maximum absolute atomic E-state index is 13.8. The van der Waals surface area contributed by atoms with Crippen molar-refractivity contribution >= 4 is 45.4 Å². The number of amides is 1. The van der Waals surface area contributed by atoms with Crippen LogP contribution in [0.25, 0.3) is 10.8 Å². The van der Waals surface area contributed by atoms with Crippen LogP contribution in [-0.4, -0.2) is 11.0 Å². The first-order valence-electron chi connectivity index (χ1n) is 10.2. The molecule has 0 fully saturated rings. The molecule has 0 saturated heterocycles. The molecule has 3 N–H and O–H groups in total. The minimum atomic E-state index is -0.555. The molecule has 0 bridgehead atoms. The van der Waals surface area contributed by atoms with Gasteiger partial charge in [0.25, 0.3) is 5.91 Å². The Balaban J connectivity index is 1.35. The lowest BCUT2D eigenvalue weighted by atomic mass is 10.0. The lowest BCUT2D eigenvalue weighted by Crippen LogP contribution is -2.30. The van der Waals surface area contributed by atoms with Crippen LogP contribution in [0.5, 0.6) is 0 Å². The predicted molar refractivity (Wildman–Crippen MR) is 133 cm³/mol. The van der Waals surface area contributed by atoms with Crippen molar-refractivity contribution in [3.05, 3.63) is 108 Å². The SMILES string of the molecule is CC(NC(=S)Nc1ccc(NC(=O)c2ccccc2F)cc1)c1ccc2ccccc2c1. The zero-order chi connectivity index (χ0) is 22.5. The summed E-state index contributed by atoms with van der Waals surface area (Å²) in [6, 6.07) is 27.5. The Morgan fingerprint density at radius 1 is 0.812 bits per heavy atom. The van der Waals surface area contributed by atoms with Crippen molar-refractivity contribution in [3.63, 3.8) is 0 Å². The molecule has 6 heteroatoms. The summed E-state index contributed by atoms with van der Waals surface area (Å²) < 4.78 is 13.8. The number of rotatable bonds is 5. The molecule has 0 aliphatic rings. The van der Waals surface area contributed by atoms with Gasteiger partial charge in [-0.1, -0.05) is 48.5 Å². The molecule has 4 aromatic carbocycles. The molecule has 0 heterocycles. The van der Waals surface area contributed by atoms with Gasteiger partial charge in [-0.25, -0.2) is 4.39 Å². The third-order valence-corrected chi connectivity index (χ3v) is 5.36. The average Bonchev–Trinajstić information content (AvgIpc) is 2.80. The Hall–Kier alpha value is -3.77. The summed E-state index contributed by atoms with van der Waals surface area (Å²) in [7, 11) is 0. The average molecular weight is 444 g/mol. The van der Waals surface area contributed by atoms with Gasteiger partial charge in [0.05, 0.1) is 11.6 Å². The molecule has 4 rings (SSSR count). The predicted octanol–water partition coefficient (Wildman–Crippen LogP) is 6.28. The quantitative estimate of drug-likeness (QED) is 0.318. The van der Waals surface area contributed by atoms with Crippen molar-refractivity contribution in [2.75, 3.05) is 10.6 Å². The lowest BCUT2D eigenvalue weighted by molar-refractivity contribution is 0.102. The number of anilines is 2. The van der Waals surface area contributed by atoms with Crippen LogP contribution < -0.4 is 16.0 Å². The van der Waals surface area contributed by atoms with Gasteiger partial charge in [0, 0.05) is 11.4 Å². The van der Waals surface area contributed by atoms with E-state index < -0.39 is 11.7 Å². The largest absolute Gasteiger partial charge is 0.356 e. The molecule has 0 saturated carbocycles. The topological polar surface area (TPSA) is 53.2 Å². The van der Waals surface area contributed by atoms with Crippen LogP contribution in [0.2, 0.25) is 0 Å². The first kappa shape index (κ1) is 21.5. The van der Waals surface area contributed by atoms with E-state index in [0.717, 1.165) is 11.3 Å². The fraction of sp³-hybridized carbons (Fsp3) is 0.0769. The minimum Gasteiger partial charge on any atom is -0.356 e. The van der Waals surface area contributed by atoms with E-state index in [2.05, 4.69) is 53.2 Å². The maximum atomic E-state index is 13.8. The highest BCUT2D eigenvalue weighted by Crippen LogP contribution is 2.21. The van der Waals surface area contributed by atoms with E-state index in [0.29, 0.717) is 10.8 Å². The molecule has 1 atom stereocenters. The third-order valence-electron chi connectivity index (χ3n) is 5.14. The van der Waals surface area contributed by atoms with Crippen LogP contribution in [0.4, 0.5) is 15.8 Å². The highest BCUT2D eigenvalue weighted by Gasteiger charge is 2.11. The Morgan fingerprint density at radius 2 is 1.44 bits per heavy atom. The molecule has 32 heavy (non-hydrogen) atoms. The van der Waals surface area contributed by atoms with Crippen molar-refractivity contribution in [2.24, 2.45) is 0 Å². The maximum Gasteiger partial charge on any atom is 0.258 e. The second-order valence-corrected chi connectivity index (χ2v) is 7.85. The molecular weight excluding hydrogens is 421 g/mol. The summed E-state index contributed by atoms with van der Waals surface area (Å²) in [6.45, 7) is 2.05. The first-order chi connectivity index (χ1) is 15.5. The molecule has 0 spiro atoms. The van der Waals surface area contributed by atoms with Crippen molar-refractivity contribution in [3.8, 4) is 0 Å². The van der Waals surface area contributed by atoms with Crippen molar-refractivity contribution in [2.45, 2.75) is 13.0 Å². The Bertz CT molecular complexity index is 1270. The standard InChI is InChI=1S/C26H22FN3OS/c1-17(19-11-10-18-6-2-3-7-20(18)16-19)28-26(32)30-22-14-12-21(13-15-22)29-25(31)23-8-4-5-9-24(23)27/h2-17H,1H3,(H,29,31)(H2,28,30,32). The normalized spacial score (nSPS) is 11.6. The van der Waals surface area contributed by atoms with E-state index >= 15 is 0 Å². The zero-order valence-corrected chi connectivity index (χ0v) is 18.2. The molecule has 160 valence electrons. The fourth-order valence-corrected chi connectivity index (χ4v) is 3.70. The van der Waals surface area contributed by atoms with Gasteiger partial charge in [0.2, 0.25) is 0 Å². The van der Waals surface area contributed by atoms with Gasteiger partial charge in [-0.3, -0.25) is 4.79 Å². The van der Waals surface area contributed by atoms with Gasteiger partial charge in [-0.2, -0.15) is 0 Å². The van der Waals surface area contributed by atoms with Gasteiger partial charge >= 0.3 is 0 Å². The summed E-state index contributed by atoms with van der Waals surface area (Å²) in [5, 5.41) is 12.0. The summed E-state index contributed by atoms with van der Waals surface area (Å²) in [5.74, 6) is -1.05. The summed E-state index contributed by atoms with van der Waals surface area (Å²) in [6.07, 6.45) is 0.